The number of alkyl halides is 3. The molecule has 0 radical (unpaired) electrons. The first-order valence-corrected chi connectivity index (χ1v) is 5.50. The normalized spacial score (nSPS) is 17.7. The molecule has 5 nitrogen and oxygen atoms in total. The summed E-state index contributed by atoms with van der Waals surface area (Å²) in [6.45, 7) is 1.15. The van der Waals surface area contributed by atoms with Gasteiger partial charge in [-0.25, -0.2) is 0 Å². The van der Waals surface area contributed by atoms with Crippen LogP contribution in [0.4, 0.5) is 13.2 Å². The van der Waals surface area contributed by atoms with Crippen LogP contribution in [0.5, 0.6) is 0 Å². The van der Waals surface area contributed by atoms with Gasteiger partial charge in [0.1, 0.15) is 0 Å². The molecule has 0 saturated carbocycles. The number of hydrogen-bond donors (Lipinski definition) is 0. The first-order valence-electron chi connectivity index (χ1n) is 5.50. The second kappa shape index (κ2) is 6.03. The van der Waals surface area contributed by atoms with Gasteiger partial charge in [-0.2, -0.15) is 13.2 Å². The minimum absolute atomic E-state index is 0.0273. The summed E-state index contributed by atoms with van der Waals surface area (Å²) >= 11 is 0. The zero-order chi connectivity index (χ0) is 13.8. The van der Waals surface area contributed by atoms with E-state index in [1.165, 1.54) is 7.11 Å². The Morgan fingerprint density at radius 3 is 2.17 bits per heavy atom. The van der Waals surface area contributed by atoms with Crippen molar-refractivity contribution in [3.8, 4) is 0 Å². The van der Waals surface area contributed by atoms with E-state index < -0.39 is 12.1 Å². The highest BCUT2D eigenvalue weighted by atomic mass is 19.4. The maximum Gasteiger partial charge on any atom is 0.471 e. The summed E-state index contributed by atoms with van der Waals surface area (Å²) in [6, 6.07) is 0. The molecule has 18 heavy (non-hydrogen) atoms. The number of nitrogens with zero attached hydrogens (tertiary/aromatic N) is 2. The molecule has 0 N–H and O–H groups in total. The van der Waals surface area contributed by atoms with E-state index >= 15 is 0 Å². The molecular weight excluding hydrogens is 253 g/mol. The third kappa shape index (κ3) is 4.17. The van der Waals surface area contributed by atoms with Gasteiger partial charge in [-0.1, -0.05) is 0 Å². The zero-order valence-electron chi connectivity index (χ0n) is 10.00. The predicted molar refractivity (Wildman–Crippen MR) is 55.7 cm³/mol. The van der Waals surface area contributed by atoms with Crippen LogP contribution in [0.3, 0.4) is 0 Å². The standard InChI is InChI=1S/C10H15F3N2O3/c1-18-8(16)2-3-14-4-6-15(7-5-14)9(17)10(11,12)13/h2-7H2,1H3. The number of ether oxygens (including phenoxy) is 1. The van der Waals surface area contributed by atoms with Crippen LogP contribution in [0.2, 0.25) is 0 Å². The van der Waals surface area contributed by atoms with E-state index in [-0.39, 0.29) is 25.5 Å². The van der Waals surface area contributed by atoms with E-state index in [4.69, 9.17) is 0 Å². The van der Waals surface area contributed by atoms with Crippen molar-refractivity contribution in [1.82, 2.24) is 9.80 Å². The van der Waals surface area contributed by atoms with Crippen molar-refractivity contribution in [2.45, 2.75) is 12.6 Å². The Bertz CT molecular complexity index is 312. The molecule has 0 spiro atoms. The van der Waals surface area contributed by atoms with Crippen LogP contribution in [-0.4, -0.2) is 67.7 Å². The zero-order valence-corrected chi connectivity index (χ0v) is 10.00. The lowest BCUT2D eigenvalue weighted by atomic mass is 10.3. The smallest absolute Gasteiger partial charge is 0.469 e. The van der Waals surface area contributed by atoms with Gasteiger partial charge in [-0.15, -0.1) is 0 Å². The van der Waals surface area contributed by atoms with Crippen molar-refractivity contribution in [2.75, 3.05) is 39.8 Å². The van der Waals surface area contributed by atoms with Crippen molar-refractivity contribution in [1.29, 1.82) is 0 Å². The highest BCUT2D eigenvalue weighted by Gasteiger charge is 2.43. The van der Waals surface area contributed by atoms with Crippen LogP contribution in [0.25, 0.3) is 0 Å². The number of esters is 1. The molecule has 1 rings (SSSR count). The quantitative estimate of drug-likeness (QED) is 0.689. The Kier molecular flexibility index (Phi) is 4.94. The molecule has 0 aromatic heterocycles. The number of methoxy groups -OCH3 is 1. The van der Waals surface area contributed by atoms with E-state index in [9.17, 15) is 22.8 Å². The number of hydrogen-bond acceptors (Lipinski definition) is 4. The molecule has 1 amide bonds. The van der Waals surface area contributed by atoms with Gasteiger partial charge >= 0.3 is 18.1 Å². The van der Waals surface area contributed by atoms with Crippen LogP contribution in [0, 0.1) is 0 Å². The van der Waals surface area contributed by atoms with Crippen molar-refractivity contribution < 1.29 is 27.5 Å². The molecule has 8 heteroatoms. The number of halogens is 3. The van der Waals surface area contributed by atoms with Crippen LogP contribution < -0.4 is 0 Å². The molecule has 0 bridgehead atoms. The minimum atomic E-state index is -4.81. The third-order valence-electron chi connectivity index (χ3n) is 2.76. The molecular formula is C10H15F3N2O3. The van der Waals surface area contributed by atoms with Crippen molar-refractivity contribution in [3.63, 3.8) is 0 Å². The minimum Gasteiger partial charge on any atom is -0.469 e. The Morgan fingerprint density at radius 2 is 1.72 bits per heavy atom. The average Bonchev–Trinajstić information content (AvgIpc) is 2.34. The third-order valence-corrected chi connectivity index (χ3v) is 2.76. The fourth-order valence-electron chi connectivity index (χ4n) is 1.71. The molecule has 1 aliphatic heterocycles. The molecule has 0 aromatic rings. The summed E-state index contributed by atoms with van der Waals surface area (Å²) in [4.78, 5) is 24.5. The number of carbonyl (C=O) groups is 2. The van der Waals surface area contributed by atoms with Crippen LogP contribution >= 0.6 is 0 Å². The van der Waals surface area contributed by atoms with Gasteiger partial charge in [-0.3, -0.25) is 14.5 Å². The van der Waals surface area contributed by atoms with Crippen molar-refractivity contribution in [3.05, 3.63) is 0 Å². The van der Waals surface area contributed by atoms with E-state index in [1.807, 2.05) is 4.90 Å². The second-order valence-electron chi connectivity index (χ2n) is 3.96. The lowest BCUT2D eigenvalue weighted by Crippen LogP contribution is -2.52. The second-order valence-corrected chi connectivity index (χ2v) is 3.96. The summed E-state index contributed by atoms with van der Waals surface area (Å²) < 4.78 is 41.0. The molecule has 1 aliphatic rings. The highest BCUT2D eigenvalue weighted by molar-refractivity contribution is 5.81. The van der Waals surface area contributed by atoms with Gasteiger partial charge in [0.15, 0.2) is 0 Å². The molecule has 1 saturated heterocycles. The van der Waals surface area contributed by atoms with Crippen LogP contribution in [0.1, 0.15) is 6.42 Å². The van der Waals surface area contributed by atoms with Gasteiger partial charge in [0.2, 0.25) is 0 Å². The van der Waals surface area contributed by atoms with Crippen LogP contribution in [-0.2, 0) is 14.3 Å². The average molecular weight is 268 g/mol. The maximum atomic E-state index is 12.2. The number of piperazine rings is 1. The van der Waals surface area contributed by atoms with Gasteiger partial charge in [0.25, 0.3) is 0 Å². The van der Waals surface area contributed by atoms with E-state index in [0.717, 1.165) is 4.90 Å². The lowest BCUT2D eigenvalue weighted by Gasteiger charge is -2.34. The predicted octanol–water partition coefficient (Wildman–Crippen LogP) is 0.256. The van der Waals surface area contributed by atoms with E-state index in [1.54, 1.807) is 0 Å². The Balaban J connectivity index is 2.33. The summed E-state index contributed by atoms with van der Waals surface area (Å²) in [5.41, 5.74) is 0. The first-order chi connectivity index (χ1) is 8.34. The SMILES string of the molecule is COC(=O)CCN1CCN(C(=O)C(F)(F)F)CC1. The molecule has 104 valence electrons. The maximum absolute atomic E-state index is 12.2. The molecule has 0 unspecified atom stereocenters. The summed E-state index contributed by atoms with van der Waals surface area (Å²) in [7, 11) is 1.28. The number of amides is 1. The van der Waals surface area contributed by atoms with E-state index in [0.29, 0.717) is 19.6 Å². The monoisotopic (exact) mass is 268 g/mol. The Hall–Kier alpha value is -1.31. The summed E-state index contributed by atoms with van der Waals surface area (Å²) in [5, 5.41) is 0. The van der Waals surface area contributed by atoms with Gasteiger partial charge in [0.05, 0.1) is 13.5 Å². The fraction of sp³-hybridized carbons (Fsp3) is 0.800. The largest absolute Gasteiger partial charge is 0.471 e. The van der Waals surface area contributed by atoms with Crippen molar-refractivity contribution in [2.24, 2.45) is 0 Å². The number of carbonyl (C=O) groups excluding carboxylic acids is 2. The highest BCUT2D eigenvalue weighted by Crippen LogP contribution is 2.19. The topological polar surface area (TPSA) is 49.9 Å². The molecule has 0 aliphatic carbocycles. The Labute approximate surface area is 102 Å². The van der Waals surface area contributed by atoms with Crippen LogP contribution in [0.15, 0.2) is 0 Å². The molecule has 0 atom stereocenters. The Morgan fingerprint density at radius 1 is 1.17 bits per heavy atom. The summed E-state index contributed by atoms with van der Waals surface area (Å²) in [6.07, 6.45) is -4.61. The number of rotatable bonds is 3. The molecule has 0 aromatic carbocycles. The van der Waals surface area contributed by atoms with Crippen molar-refractivity contribution >= 4 is 11.9 Å². The summed E-state index contributed by atoms with van der Waals surface area (Å²) in [5.74, 6) is -2.15. The lowest BCUT2D eigenvalue weighted by molar-refractivity contribution is -0.187. The fourth-order valence-corrected chi connectivity index (χ4v) is 1.71. The van der Waals surface area contributed by atoms with E-state index in [2.05, 4.69) is 4.74 Å². The van der Waals surface area contributed by atoms with Gasteiger partial charge < -0.3 is 9.64 Å². The molecule has 1 fully saturated rings. The van der Waals surface area contributed by atoms with Gasteiger partial charge in [-0.05, 0) is 0 Å². The first kappa shape index (κ1) is 14.7. The molecule has 1 heterocycles. The van der Waals surface area contributed by atoms with Gasteiger partial charge in [0, 0.05) is 32.7 Å².